The molecule has 0 bridgehead atoms. The summed E-state index contributed by atoms with van der Waals surface area (Å²) >= 11 is 0. The second-order valence-corrected chi connectivity index (χ2v) is 8.91. The van der Waals surface area contributed by atoms with Crippen LogP contribution in [0.15, 0.2) is 48.8 Å². The number of H-pyrrole nitrogens is 1. The Balaban J connectivity index is 1.35. The number of hydrogen-bond acceptors (Lipinski definition) is 4. The molecular weight excluding hydrogens is 392 g/mol. The maximum absolute atomic E-state index is 12.9. The quantitative estimate of drug-likeness (QED) is 0.629. The van der Waals surface area contributed by atoms with E-state index in [-0.39, 0.29) is 5.91 Å². The van der Waals surface area contributed by atoms with E-state index in [1.807, 2.05) is 31.7 Å². The second-order valence-electron chi connectivity index (χ2n) is 8.91. The van der Waals surface area contributed by atoms with Crippen LogP contribution in [0.25, 0.3) is 11.0 Å². The number of anilines is 1. The number of aromatic amines is 1. The first-order valence-corrected chi connectivity index (χ1v) is 10.6. The van der Waals surface area contributed by atoms with Crippen molar-refractivity contribution in [3.8, 4) is 0 Å². The Morgan fingerprint density at radius 2 is 1.84 bits per heavy atom. The van der Waals surface area contributed by atoms with Gasteiger partial charge < -0.3 is 14.6 Å². The van der Waals surface area contributed by atoms with E-state index in [0.29, 0.717) is 30.3 Å². The average Bonchev–Trinajstić information content (AvgIpc) is 3.17. The minimum absolute atomic E-state index is 0.0165. The summed E-state index contributed by atoms with van der Waals surface area (Å²) in [6.45, 7) is 6.87. The molecule has 1 fully saturated rings. The van der Waals surface area contributed by atoms with Gasteiger partial charge in [-0.05, 0) is 81.5 Å². The van der Waals surface area contributed by atoms with Crippen LogP contribution in [-0.2, 0) is 4.74 Å². The first-order chi connectivity index (χ1) is 14.8. The number of aromatic nitrogens is 2. The molecule has 1 aliphatic heterocycles. The van der Waals surface area contributed by atoms with Gasteiger partial charge in [0.25, 0.3) is 5.91 Å². The highest BCUT2D eigenvalue weighted by molar-refractivity contribution is 5.95. The number of nitrogens with one attached hydrogen (secondary N) is 2. The number of likely N-dealkylation sites (tertiary alicyclic amines) is 1. The number of rotatable bonds is 3. The Morgan fingerprint density at radius 3 is 2.52 bits per heavy atom. The molecule has 7 heteroatoms. The lowest BCUT2D eigenvalue weighted by atomic mass is 9.89. The molecule has 2 aromatic heterocycles. The Hall–Kier alpha value is -3.35. The van der Waals surface area contributed by atoms with Gasteiger partial charge in [0, 0.05) is 42.1 Å². The van der Waals surface area contributed by atoms with Crippen LogP contribution < -0.4 is 5.32 Å². The molecule has 1 aliphatic rings. The maximum Gasteiger partial charge on any atom is 0.412 e. The third-order valence-corrected chi connectivity index (χ3v) is 5.48. The number of pyridine rings is 1. The minimum Gasteiger partial charge on any atom is -0.444 e. The van der Waals surface area contributed by atoms with Gasteiger partial charge in [-0.3, -0.25) is 10.1 Å². The molecule has 0 saturated carbocycles. The van der Waals surface area contributed by atoms with Gasteiger partial charge in [-0.2, -0.15) is 0 Å². The van der Waals surface area contributed by atoms with Crippen LogP contribution >= 0.6 is 0 Å². The van der Waals surface area contributed by atoms with Crippen molar-refractivity contribution in [2.75, 3.05) is 18.4 Å². The monoisotopic (exact) mass is 420 g/mol. The number of fused-ring (bicyclic) bond motifs is 1. The van der Waals surface area contributed by atoms with E-state index in [1.165, 1.54) is 10.9 Å². The molecule has 1 aromatic carbocycles. The molecule has 0 aliphatic carbocycles. The van der Waals surface area contributed by atoms with Gasteiger partial charge in [-0.1, -0.05) is 0 Å². The molecule has 7 nitrogen and oxygen atoms in total. The van der Waals surface area contributed by atoms with E-state index >= 15 is 0 Å². The Bertz CT molecular complexity index is 1070. The molecule has 2 amide bonds. The fourth-order valence-corrected chi connectivity index (χ4v) is 4.01. The van der Waals surface area contributed by atoms with Gasteiger partial charge in [0.1, 0.15) is 11.2 Å². The molecule has 0 spiro atoms. The van der Waals surface area contributed by atoms with Crippen molar-refractivity contribution in [3.05, 3.63) is 59.9 Å². The standard InChI is InChI=1S/C24H28N4O3/c1-24(2,3)31-23(30)27-18-8-6-17(7-9-18)22(29)28-13-10-16(11-14-28)20-15-26-21-19(20)5-4-12-25-21/h4-9,12,15-16H,10-11,13-14H2,1-3H3,(H,25,26)(H,27,30). The van der Waals surface area contributed by atoms with Gasteiger partial charge in [0.15, 0.2) is 0 Å². The molecule has 162 valence electrons. The lowest BCUT2D eigenvalue weighted by Gasteiger charge is -2.32. The predicted molar refractivity (Wildman–Crippen MR) is 120 cm³/mol. The second kappa shape index (κ2) is 8.41. The van der Waals surface area contributed by atoms with E-state index in [9.17, 15) is 9.59 Å². The van der Waals surface area contributed by atoms with Crippen LogP contribution in [-0.4, -0.2) is 45.6 Å². The highest BCUT2D eigenvalue weighted by Gasteiger charge is 2.26. The van der Waals surface area contributed by atoms with Crippen molar-refractivity contribution in [1.82, 2.24) is 14.9 Å². The number of hydrogen-bond donors (Lipinski definition) is 2. The van der Waals surface area contributed by atoms with Crippen molar-refractivity contribution in [3.63, 3.8) is 0 Å². The summed E-state index contributed by atoms with van der Waals surface area (Å²) in [5.41, 5.74) is 2.85. The third kappa shape index (κ3) is 4.87. The molecule has 0 atom stereocenters. The van der Waals surface area contributed by atoms with Gasteiger partial charge in [-0.15, -0.1) is 0 Å². The topological polar surface area (TPSA) is 87.3 Å². The molecule has 4 rings (SSSR count). The molecule has 31 heavy (non-hydrogen) atoms. The molecular formula is C24H28N4O3. The lowest BCUT2D eigenvalue weighted by molar-refractivity contribution is 0.0635. The number of carbonyl (C=O) groups is 2. The SMILES string of the molecule is CC(C)(C)OC(=O)Nc1ccc(C(=O)N2CCC(c3c[nH]c4ncccc34)CC2)cc1. The van der Waals surface area contributed by atoms with Crippen molar-refractivity contribution < 1.29 is 14.3 Å². The molecule has 1 saturated heterocycles. The average molecular weight is 421 g/mol. The zero-order valence-electron chi connectivity index (χ0n) is 18.1. The van der Waals surface area contributed by atoms with Gasteiger partial charge in [0.2, 0.25) is 0 Å². The first-order valence-electron chi connectivity index (χ1n) is 10.6. The number of ether oxygens (including phenoxy) is 1. The van der Waals surface area contributed by atoms with Crippen molar-refractivity contribution in [1.29, 1.82) is 0 Å². The normalized spacial score (nSPS) is 15.1. The fourth-order valence-electron chi connectivity index (χ4n) is 4.01. The number of carbonyl (C=O) groups excluding carboxylic acids is 2. The zero-order chi connectivity index (χ0) is 22.0. The third-order valence-electron chi connectivity index (χ3n) is 5.48. The first kappa shape index (κ1) is 20.9. The summed E-state index contributed by atoms with van der Waals surface area (Å²) < 4.78 is 5.25. The number of piperidine rings is 1. The Morgan fingerprint density at radius 1 is 1.13 bits per heavy atom. The van der Waals surface area contributed by atoms with Crippen LogP contribution in [0.4, 0.5) is 10.5 Å². The molecule has 3 aromatic rings. The van der Waals surface area contributed by atoms with E-state index in [1.54, 1.807) is 30.5 Å². The summed E-state index contributed by atoms with van der Waals surface area (Å²) in [6, 6.07) is 11.0. The van der Waals surface area contributed by atoms with Gasteiger partial charge in [0.05, 0.1) is 0 Å². The smallest absolute Gasteiger partial charge is 0.412 e. The van der Waals surface area contributed by atoms with Crippen LogP contribution in [0.3, 0.4) is 0 Å². The highest BCUT2D eigenvalue weighted by Crippen LogP contribution is 2.33. The van der Waals surface area contributed by atoms with E-state index < -0.39 is 11.7 Å². The minimum atomic E-state index is -0.560. The highest BCUT2D eigenvalue weighted by atomic mass is 16.6. The summed E-state index contributed by atoms with van der Waals surface area (Å²) in [6.07, 6.45) is 5.17. The largest absolute Gasteiger partial charge is 0.444 e. The van der Waals surface area contributed by atoms with E-state index in [2.05, 4.69) is 27.5 Å². The van der Waals surface area contributed by atoms with E-state index in [0.717, 1.165) is 18.5 Å². The van der Waals surface area contributed by atoms with Crippen molar-refractivity contribution in [2.45, 2.75) is 45.1 Å². The molecule has 0 radical (unpaired) electrons. The number of amides is 2. The lowest BCUT2D eigenvalue weighted by Crippen LogP contribution is -2.37. The Kier molecular flexibility index (Phi) is 5.67. The number of nitrogens with zero attached hydrogens (tertiary/aromatic N) is 2. The van der Waals surface area contributed by atoms with Crippen LogP contribution in [0, 0.1) is 0 Å². The zero-order valence-corrected chi connectivity index (χ0v) is 18.1. The summed E-state index contributed by atoms with van der Waals surface area (Å²) in [4.78, 5) is 34.3. The summed E-state index contributed by atoms with van der Waals surface area (Å²) in [5, 5.41) is 3.85. The van der Waals surface area contributed by atoms with Gasteiger partial charge in [-0.25, -0.2) is 9.78 Å². The van der Waals surface area contributed by atoms with Crippen LogP contribution in [0.2, 0.25) is 0 Å². The van der Waals surface area contributed by atoms with Crippen LogP contribution in [0.1, 0.15) is 55.5 Å². The van der Waals surface area contributed by atoms with E-state index in [4.69, 9.17) is 4.74 Å². The van der Waals surface area contributed by atoms with Crippen molar-refractivity contribution >= 4 is 28.7 Å². The summed E-state index contributed by atoms with van der Waals surface area (Å²) in [7, 11) is 0. The fraction of sp³-hybridized carbons (Fsp3) is 0.375. The molecule has 2 N–H and O–H groups in total. The van der Waals surface area contributed by atoms with Crippen molar-refractivity contribution in [2.24, 2.45) is 0 Å². The molecule has 0 unspecified atom stereocenters. The Labute approximate surface area is 181 Å². The maximum atomic E-state index is 12.9. The molecule has 3 heterocycles. The summed E-state index contributed by atoms with van der Waals surface area (Å²) in [5.74, 6) is 0.435. The van der Waals surface area contributed by atoms with Gasteiger partial charge >= 0.3 is 6.09 Å². The number of benzene rings is 1. The predicted octanol–water partition coefficient (Wildman–Crippen LogP) is 4.93. The van der Waals surface area contributed by atoms with Crippen LogP contribution in [0.5, 0.6) is 0 Å².